The van der Waals surface area contributed by atoms with Gasteiger partial charge in [0.25, 0.3) is 0 Å². The second kappa shape index (κ2) is 12.3. The van der Waals surface area contributed by atoms with Gasteiger partial charge in [0.05, 0.1) is 62.5 Å². The Morgan fingerprint density at radius 3 is 1.97 bits per heavy atom. The molecule has 0 unspecified atom stereocenters. The Morgan fingerprint density at radius 1 is 0.763 bits per heavy atom. The van der Waals surface area contributed by atoms with E-state index in [1.807, 2.05) is 24.3 Å². The Morgan fingerprint density at radius 2 is 1.34 bits per heavy atom. The SMILES string of the molecule is O=C(CNc1ccc(N2CCOCC2)cc1)Nc1cc(S(=O)(=O)N2CCOCC2)ccc1N1CCOCC1. The number of carbonyl (C=O) groups excluding carboxylic acids is 1. The minimum absolute atomic E-state index is 0.0416. The fourth-order valence-corrected chi connectivity index (χ4v) is 6.21. The maximum absolute atomic E-state index is 13.3. The van der Waals surface area contributed by atoms with Crippen LogP contribution in [0.4, 0.5) is 22.7 Å². The van der Waals surface area contributed by atoms with E-state index in [-0.39, 0.29) is 17.3 Å². The van der Waals surface area contributed by atoms with Crippen LogP contribution in [-0.4, -0.2) is 104 Å². The molecule has 0 aromatic heterocycles. The summed E-state index contributed by atoms with van der Waals surface area (Å²) in [6.45, 7) is 7.03. The number of benzene rings is 2. The number of nitrogens with one attached hydrogen (secondary N) is 2. The highest BCUT2D eigenvalue weighted by Gasteiger charge is 2.28. The molecule has 11 nitrogen and oxygen atoms in total. The molecule has 1 amide bonds. The highest BCUT2D eigenvalue weighted by atomic mass is 32.2. The molecule has 0 bridgehead atoms. The van der Waals surface area contributed by atoms with E-state index in [1.54, 1.807) is 18.2 Å². The molecule has 12 heteroatoms. The van der Waals surface area contributed by atoms with Crippen molar-refractivity contribution in [3.63, 3.8) is 0 Å². The van der Waals surface area contributed by atoms with Crippen molar-refractivity contribution in [3.8, 4) is 0 Å². The first-order chi connectivity index (χ1) is 18.5. The zero-order valence-electron chi connectivity index (χ0n) is 21.4. The van der Waals surface area contributed by atoms with Gasteiger partial charge in [-0.05, 0) is 42.5 Å². The van der Waals surface area contributed by atoms with E-state index >= 15 is 0 Å². The third kappa shape index (κ3) is 6.38. The summed E-state index contributed by atoms with van der Waals surface area (Å²) in [7, 11) is -3.71. The van der Waals surface area contributed by atoms with Gasteiger partial charge in [-0.3, -0.25) is 4.79 Å². The van der Waals surface area contributed by atoms with E-state index in [9.17, 15) is 13.2 Å². The summed E-state index contributed by atoms with van der Waals surface area (Å²) in [6, 6.07) is 12.9. The van der Waals surface area contributed by atoms with Crippen LogP contribution in [0.25, 0.3) is 0 Å². The molecule has 3 aliphatic heterocycles. The molecule has 206 valence electrons. The maximum Gasteiger partial charge on any atom is 0.243 e. The number of morpholine rings is 3. The van der Waals surface area contributed by atoms with Gasteiger partial charge in [-0.1, -0.05) is 0 Å². The zero-order chi connectivity index (χ0) is 26.4. The molecule has 0 atom stereocenters. The molecule has 0 saturated carbocycles. The van der Waals surface area contributed by atoms with E-state index in [2.05, 4.69) is 20.4 Å². The third-order valence-corrected chi connectivity index (χ3v) is 8.79. The standard InChI is InChI=1S/C26H35N5O6S/c32-26(20-27-21-1-3-22(4-2-21)29-7-13-35-14-8-29)28-24-19-23(38(33,34)31-11-17-37-18-12-31)5-6-25(24)30-9-15-36-16-10-30/h1-6,19,27H,7-18,20H2,(H,28,32). The fourth-order valence-electron chi connectivity index (χ4n) is 4.78. The van der Waals surface area contributed by atoms with Crippen molar-refractivity contribution in [2.24, 2.45) is 0 Å². The highest BCUT2D eigenvalue weighted by Crippen LogP contribution is 2.31. The molecule has 5 rings (SSSR count). The van der Waals surface area contributed by atoms with Gasteiger partial charge in [0.2, 0.25) is 15.9 Å². The quantitative estimate of drug-likeness (QED) is 0.509. The van der Waals surface area contributed by atoms with Crippen molar-refractivity contribution < 1.29 is 27.4 Å². The van der Waals surface area contributed by atoms with Gasteiger partial charge in [0, 0.05) is 50.6 Å². The first-order valence-corrected chi connectivity index (χ1v) is 14.5. The molecule has 3 aliphatic rings. The molecule has 2 aromatic rings. The van der Waals surface area contributed by atoms with E-state index < -0.39 is 10.0 Å². The first-order valence-electron chi connectivity index (χ1n) is 13.0. The summed E-state index contributed by atoms with van der Waals surface area (Å²) >= 11 is 0. The number of nitrogens with zero attached hydrogens (tertiary/aromatic N) is 3. The average Bonchev–Trinajstić information content (AvgIpc) is 2.98. The predicted octanol–water partition coefficient (Wildman–Crippen LogP) is 1.43. The number of sulfonamides is 1. The Balaban J connectivity index is 1.28. The van der Waals surface area contributed by atoms with E-state index in [0.29, 0.717) is 58.3 Å². The van der Waals surface area contributed by atoms with Gasteiger partial charge in [-0.25, -0.2) is 8.42 Å². The summed E-state index contributed by atoms with van der Waals surface area (Å²) < 4.78 is 44.2. The molecule has 2 aromatic carbocycles. The lowest BCUT2D eigenvalue weighted by atomic mass is 10.2. The Kier molecular flexibility index (Phi) is 8.65. The minimum atomic E-state index is -3.71. The molecule has 0 spiro atoms. The van der Waals surface area contributed by atoms with E-state index in [0.717, 1.165) is 43.4 Å². The number of hydrogen-bond acceptors (Lipinski definition) is 9. The molecule has 3 saturated heterocycles. The van der Waals surface area contributed by atoms with Crippen molar-refractivity contribution in [3.05, 3.63) is 42.5 Å². The average molecular weight is 546 g/mol. The molecule has 0 aliphatic carbocycles. The lowest BCUT2D eigenvalue weighted by Crippen LogP contribution is -2.40. The van der Waals surface area contributed by atoms with Crippen LogP contribution in [0.1, 0.15) is 0 Å². The summed E-state index contributed by atoms with van der Waals surface area (Å²) in [4.78, 5) is 17.5. The van der Waals surface area contributed by atoms with Crippen LogP contribution in [-0.2, 0) is 29.0 Å². The Labute approximate surface area is 223 Å². The lowest BCUT2D eigenvalue weighted by Gasteiger charge is -2.31. The maximum atomic E-state index is 13.3. The normalized spacial score (nSPS) is 19.3. The van der Waals surface area contributed by atoms with Crippen LogP contribution in [0.5, 0.6) is 0 Å². The summed E-state index contributed by atoms with van der Waals surface area (Å²) in [5.41, 5.74) is 3.19. The smallest absolute Gasteiger partial charge is 0.243 e. The highest BCUT2D eigenvalue weighted by molar-refractivity contribution is 7.89. The van der Waals surface area contributed by atoms with Crippen molar-refractivity contribution in [1.29, 1.82) is 0 Å². The van der Waals surface area contributed by atoms with Crippen LogP contribution in [0.2, 0.25) is 0 Å². The molecular weight excluding hydrogens is 510 g/mol. The zero-order valence-corrected chi connectivity index (χ0v) is 22.2. The lowest BCUT2D eigenvalue weighted by molar-refractivity contribution is -0.114. The monoisotopic (exact) mass is 545 g/mol. The summed E-state index contributed by atoms with van der Waals surface area (Å²) in [5.74, 6) is -0.266. The van der Waals surface area contributed by atoms with E-state index in [4.69, 9.17) is 14.2 Å². The first kappa shape index (κ1) is 26.7. The second-order valence-electron chi connectivity index (χ2n) is 9.34. The number of rotatable bonds is 8. The van der Waals surface area contributed by atoms with Crippen LogP contribution >= 0.6 is 0 Å². The predicted molar refractivity (Wildman–Crippen MR) is 146 cm³/mol. The number of anilines is 4. The van der Waals surface area contributed by atoms with Crippen LogP contribution in [0, 0.1) is 0 Å². The molecule has 3 fully saturated rings. The number of amides is 1. The molecule has 0 radical (unpaired) electrons. The molecule has 38 heavy (non-hydrogen) atoms. The summed E-state index contributed by atoms with van der Waals surface area (Å²) in [5, 5.41) is 6.10. The van der Waals surface area contributed by atoms with Gasteiger partial charge in [-0.2, -0.15) is 4.31 Å². The number of carbonyl (C=O) groups is 1. The van der Waals surface area contributed by atoms with Crippen LogP contribution in [0.15, 0.2) is 47.4 Å². The van der Waals surface area contributed by atoms with Gasteiger partial charge in [0.1, 0.15) is 0 Å². The van der Waals surface area contributed by atoms with Crippen LogP contribution < -0.4 is 20.4 Å². The Bertz CT molecular complexity index is 1190. The largest absolute Gasteiger partial charge is 0.379 e. The van der Waals surface area contributed by atoms with Crippen molar-refractivity contribution in [2.45, 2.75) is 4.90 Å². The van der Waals surface area contributed by atoms with Crippen molar-refractivity contribution in [1.82, 2.24) is 4.31 Å². The molecular formula is C26H35N5O6S. The number of hydrogen-bond donors (Lipinski definition) is 2. The number of ether oxygens (including phenoxy) is 3. The van der Waals surface area contributed by atoms with Gasteiger partial charge in [-0.15, -0.1) is 0 Å². The molecule has 2 N–H and O–H groups in total. The minimum Gasteiger partial charge on any atom is -0.379 e. The van der Waals surface area contributed by atoms with Gasteiger partial charge >= 0.3 is 0 Å². The van der Waals surface area contributed by atoms with Gasteiger partial charge in [0.15, 0.2) is 0 Å². The fraction of sp³-hybridized carbons (Fsp3) is 0.500. The van der Waals surface area contributed by atoms with Crippen molar-refractivity contribution in [2.75, 3.05) is 106 Å². The Hall–Kier alpha value is -2.90. The van der Waals surface area contributed by atoms with E-state index in [1.165, 1.54) is 4.31 Å². The molecule has 3 heterocycles. The second-order valence-corrected chi connectivity index (χ2v) is 11.3. The van der Waals surface area contributed by atoms with Crippen LogP contribution in [0.3, 0.4) is 0 Å². The van der Waals surface area contributed by atoms with Gasteiger partial charge < -0.3 is 34.6 Å². The third-order valence-electron chi connectivity index (χ3n) is 6.90. The summed E-state index contributed by atoms with van der Waals surface area (Å²) in [6.07, 6.45) is 0. The van der Waals surface area contributed by atoms with Crippen molar-refractivity contribution >= 4 is 38.7 Å². The topological polar surface area (TPSA) is 113 Å².